The molecule has 0 radical (unpaired) electrons. The lowest BCUT2D eigenvalue weighted by molar-refractivity contribution is -0.117. The summed E-state index contributed by atoms with van der Waals surface area (Å²) in [6.07, 6.45) is 0.567. The Hall–Kier alpha value is -1.14. The van der Waals surface area contributed by atoms with E-state index in [-0.39, 0.29) is 25.7 Å². The molecule has 0 heterocycles. The molecule has 0 bridgehead atoms. The van der Waals surface area contributed by atoms with E-state index in [0.29, 0.717) is 30.2 Å². The van der Waals surface area contributed by atoms with Gasteiger partial charge in [-0.3, -0.25) is 9.69 Å². The SMILES string of the molecule is Cc1cc(C)c(NC(=O)CN(CCO)CCCO)c(Cl)c1. The van der Waals surface area contributed by atoms with E-state index in [1.807, 2.05) is 19.9 Å². The fourth-order valence-corrected chi connectivity index (χ4v) is 2.53. The molecule has 21 heavy (non-hydrogen) atoms. The van der Waals surface area contributed by atoms with Crippen LogP contribution in [0.1, 0.15) is 17.5 Å². The van der Waals surface area contributed by atoms with Gasteiger partial charge in [0.2, 0.25) is 5.91 Å². The van der Waals surface area contributed by atoms with Gasteiger partial charge in [-0.15, -0.1) is 0 Å². The van der Waals surface area contributed by atoms with Crippen molar-refractivity contribution >= 4 is 23.2 Å². The molecule has 3 N–H and O–H groups in total. The zero-order chi connectivity index (χ0) is 15.8. The Kier molecular flexibility index (Phi) is 7.67. The molecular formula is C15H23ClN2O3. The van der Waals surface area contributed by atoms with Gasteiger partial charge in [0, 0.05) is 19.7 Å². The number of benzene rings is 1. The normalized spacial score (nSPS) is 11.0. The first kappa shape index (κ1) is 17.9. The zero-order valence-electron chi connectivity index (χ0n) is 12.5. The molecule has 5 nitrogen and oxygen atoms in total. The van der Waals surface area contributed by atoms with E-state index in [9.17, 15) is 4.79 Å². The number of rotatable bonds is 8. The molecule has 0 atom stereocenters. The third-order valence-electron chi connectivity index (χ3n) is 3.11. The maximum atomic E-state index is 12.1. The predicted molar refractivity (Wildman–Crippen MR) is 84.8 cm³/mol. The molecule has 0 aromatic heterocycles. The molecule has 118 valence electrons. The average molecular weight is 315 g/mol. The summed E-state index contributed by atoms with van der Waals surface area (Å²) >= 11 is 6.16. The van der Waals surface area contributed by atoms with Crippen LogP contribution in [0, 0.1) is 13.8 Å². The molecule has 0 aliphatic rings. The third-order valence-corrected chi connectivity index (χ3v) is 3.41. The molecule has 6 heteroatoms. The lowest BCUT2D eigenvalue weighted by Gasteiger charge is -2.21. The van der Waals surface area contributed by atoms with Crippen LogP contribution in [0.25, 0.3) is 0 Å². The van der Waals surface area contributed by atoms with Crippen LogP contribution >= 0.6 is 11.6 Å². The maximum absolute atomic E-state index is 12.1. The molecule has 1 aromatic rings. The molecule has 0 aliphatic carbocycles. The second-order valence-corrected chi connectivity index (χ2v) is 5.47. The van der Waals surface area contributed by atoms with Crippen LogP contribution in [0.4, 0.5) is 5.69 Å². The lowest BCUT2D eigenvalue weighted by atomic mass is 10.1. The number of anilines is 1. The molecule has 1 amide bonds. The van der Waals surface area contributed by atoms with Gasteiger partial charge >= 0.3 is 0 Å². The highest BCUT2D eigenvalue weighted by Gasteiger charge is 2.13. The van der Waals surface area contributed by atoms with Gasteiger partial charge in [0.25, 0.3) is 0 Å². The van der Waals surface area contributed by atoms with Crippen LogP contribution in [-0.2, 0) is 4.79 Å². The van der Waals surface area contributed by atoms with Gasteiger partial charge in [0.1, 0.15) is 0 Å². The molecule has 1 aromatic carbocycles. The van der Waals surface area contributed by atoms with Crippen LogP contribution in [0.15, 0.2) is 12.1 Å². The van der Waals surface area contributed by atoms with Crippen LogP contribution < -0.4 is 5.32 Å². The highest BCUT2D eigenvalue weighted by atomic mass is 35.5. The van der Waals surface area contributed by atoms with E-state index in [2.05, 4.69) is 5.32 Å². The largest absolute Gasteiger partial charge is 0.396 e. The second kappa shape index (κ2) is 9.00. The van der Waals surface area contributed by atoms with Gasteiger partial charge < -0.3 is 15.5 Å². The molecule has 0 aliphatic heterocycles. The molecule has 0 saturated heterocycles. The summed E-state index contributed by atoms with van der Waals surface area (Å²) in [6.45, 7) is 4.99. The average Bonchev–Trinajstić information content (AvgIpc) is 2.40. The Morgan fingerprint density at radius 3 is 2.52 bits per heavy atom. The molecule has 0 spiro atoms. The topological polar surface area (TPSA) is 72.8 Å². The van der Waals surface area contributed by atoms with Crippen molar-refractivity contribution in [3.05, 3.63) is 28.3 Å². The number of nitrogens with one attached hydrogen (secondary N) is 1. The number of aliphatic hydroxyl groups excluding tert-OH is 2. The van der Waals surface area contributed by atoms with E-state index in [1.54, 1.807) is 11.0 Å². The standard InChI is InChI=1S/C15H23ClN2O3/c1-11-8-12(2)15(13(16)9-11)17-14(21)10-18(5-7-20)4-3-6-19/h8-9,19-20H,3-7,10H2,1-2H3,(H,17,21). The minimum Gasteiger partial charge on any atom is -0.396 e. The van der Waals surface area contributed by atoms with Crippen LogP contribution in [-0.4, -0.2) is 53.9 Å². The van der Waals surface area contributed by atoms with E-state index in [4.69, 9.17) is 21.8 Å². The van der Waals surface area contributed by atoms with E-state index in [1.165, 1.54) is 0 Å². The van der Waals surface area contributed by atoms with Crippen molar-refractivity contribution in [3.63, 3.8) is 0 Å². The van der Waals surface area contributed by atoms with Crippen molar-refractivity contribution in [2.24, 2.45) is 0 Å². The third kappa shape index (κ3) is 6.01. The predicted octanol–water partition coefficient (Wildman–Crippen LogP) is 1.57. The summed E-state index contributed by atoms with van der Waals surface area (Å²) in [4.78, 5) is 13.9. The number of hydrogen-bond acceptors (Lipinski definition) is 4. The number of nitrogens with zero attached hydrogens (tertiary/aromatic N) is 1. The monoisotopic (exact) mass is 314 g/mol. The number of hydrogen-bond donors (Lipinski definition) is 3. The Balaban J connectivity index is 2.67. The lowest BCUT2D eigenvalue weighted by Crippen LogP contribution is -2.36. The highest BCUT2D eigenvalue weighted by molar-refractivity contribution is 6.34. The fourth-order valence-electron chi connectivity index (χ4n) is 2.16. The summed E-state index contributed by atoms with van der Waals surface area (Å²) in [7, 11) is 0. The van der Waals surface area contributed by atoms with Gasteiger partial charge in [0.05, 0.1) is 23.9 Å². The molecular weight excluding hydrogens is 292 g/mol. The highest BCUT2D eigenvalue weighted by Crippen LogP contribution is 2.27. The summed E-state index contributed by atoms with van der Waals surface area (Å²) in [5, 5.41) is 21.2. The smallest absolute Gasteiger partial charge is 0.238 e. The Bertz CT molecular complexity index is 457. The first-order valence-electron chi connectivity index (χ1n) is 6.98. The Morgan fingerprint density at radius 1 is 1.24 bits per heavy atom. The summed E-state index contributed by atoms with van der Waals surface area (Å²) in [6, 6.07) is 3.76. The van der Waals surface area contributed by atoms with E-state index < -0.39 is 0 Å². The van der Waals surface area contributed by atoms with Crippen LogP contribution in [0.2, 0.25) is 5.02 Å². The number of aliphatic hydroxyl groups is 2. The summed E-state index contributed by atoms with van der Waals surface area (Å²) < 4.78 is 0. The number of aryl methyl sites for hydroxylation is 2. The van der Waals surface area contributed by atoms with Crippen molar-refractivity contribution < 1.29 is 15.0 Å². The van der Waals surface area contributed by atoms with Gasteiger partial charge in [-0.1, -0.05) is 17.7 Å². The Labute approximate surface area is 130 Å². The number of carbonyl (C=O) groups is 1. The zero-order valence-corrected chi connectivity index (χ0v) is 13.3. The number of halogens is 1. The van der Waals surface area contributed by atoms with Crippen molar-refractivity contribution in [1.82, 2.24) is 4.90 Å². The van der Waals surface area contributed by atoms with Crippen molar-refractivity contribution in [1.29, 1.82) is 0 Å². The van der Waals surface area contributed by atoms with Crippen molar-refractivity contribution in [3.8, 4) is 0 Å². The van der Waals surface area contributed by atoms with Gasteiger partial charge in [-0.05, 0) is 37.5 Å². The second-order valence-electron chi connectivity index (χ2n) is 5.06. The number of amides is 1. The molecule has 1 rings (SSSR count). The van der Waals surface area contributed by atoms with E-state index in [0.717, 1.165) is 11.1 Å². The van der Waals surface area contributed by atoms with Gasteiger partial charge in [-0.25, -0.2) is 0 Å². The maximum Gasteiger partial charge on any atom is 0.238 e. The number of carbonyl (C=O) groups excluding carboxylic acids is 1. The molecule has 0 unspecified atom stereocenters. The summed E-state index contributed by atoms with van der Waals surface area (Å²) in [5.41, 5.74) is 2.58. The van der Waals surface area contributed by atoms with E-state index >= 15 is 0 Å². The van der Waals surface area contributed by atoms with Gasteiger partial charge in [0.15, 0.2) is 0 Å². The molecule has 0 fully saturated rings. The minimum absolute atomic E-state index is 0.0248. The minimum atomic E-state index is -0.185. The van der Waals surface area contributed by atoms with Crippen molar-refractivity contribution in [2.45, 2.75) is 20.3 Å². The first-order chi connectivity index (χ1) is 9.97. The Morgan fingerprint density at radius 2 is 1.95 bits per heavy atom. The van der Waals surface area contributed by atoms with Crippen molar-refractivity contribution in [2.75, 3.05) is 38.2 Å². The van der Waals surface area contributed by atoms with Crippen LogP contribution in [0.5, 0.6) is 0 Å². The molecule has 0 saturated carbocycles. The summed E-state index contributed by atoms with van der Waals surface area (Å²) in [5.74, 6) is -0.185. The van der Waals surface area contributed by atoms with Crippen LogP contribution in [0.3, 0.4) is 0 Å². The van der Waals surface area contributed by atoms with Gasteiger partial charge in [-0.2, -0.15) is 0 Å². The first-order valence-corrected chi connectivity index (χ1v) is 7.36. The fraction of sp³-hybridized carbons (Fsp3) is 0.533. The quantitative estimate of drug-likeness (QED) is 0.681.